The molecule has 1 unspecified atom stereocenters. The van der Waals surface area contributed by atoms with Gasteiger partial charge in [0.2, 0.25) is 11.8 Å². The molecule has 0 saturated carbocycles. The molecule has 0 radical (unpaired) electrons. The third-order valence-corrected chi connectivity index (χ3v) is 4.07. The first-order valence-corrected chi connectivity index (χ1v) is 8.31. The van der Waals surface area contributed by atoms with Crippen molar-refractivity contribution in [3.8, 4) is 11.5 Å². The minimum atomic E-state index is 0.0559. The average Bonchev–Trinajstić information content (AvgIpc) is 3.04. The van der Waals surface area contributed by atoms with Gasteiger partial charge in [0.25, 0.3) is 0 Å². The molecule has 0 saturated heterocycles. The molecule has 1 aromatic heterocycles. The van der Waals surface area contributed by atoms with Gasteiger partial charge in [0.1, 0.15) is 0 Å². The molecule has 4 heteroatoms. The van der Waals surface area contributed by atoms with Crippen LogP contribution in [0.2, 0.25) is 0 Å². The second-order valence-corrected chi connectivity index (χ2v) is 6.63. The van der Waals surface area contributed by atoms with Gasteiger partial charge in [-0.05, 0) is 48.6 Å². The fraction of sp³-hybridized carbons (Fsp3) is 0.300. The Labute approximate surface area is 142 Å². The van der Waals surface area contributed by atoms with Crippen molar-refractivity contribution >= 4 is 5.69 Å². The maximum Gasteiger partial charge on any atom is 0.247 e. The molecule has 2 N–H and O–H groups in total. The zero-order valence-electron chi connectivity index (χ0n) is 14.4. The Morgan fingerprint density at radius 3 is 2.42 bits per heavy atom. The molecule has 0 fully saturated rings. The number of benzene rings is 2. The molecular formula is C20H23N3O. The molecule has 0 aliphatic rings. The number of aromatic nitrogens is 2. The Bertz CT molecular complexity index is 806. The molecule has 0 spiro atoms. The van der Waals surface area contributed by atoms with Crippen LogP contribution in [0.15, 0.2) is 52.9 Å². The van der Waals surface area contributed by atoms with E-state index in [-0.39, 0.29) is 5.92 Å². The van der Waals surface area contributed by atoms with E-state index < -0.39 is 0 Å². The van der Waals surface area contributed by atoms with E-state index in [4.69, 9.17) is 10.2 Å². The SMILES string of the molecule is CC(C)Cc1ccc(C(C)c2nnc(-c3cccc(N)c3)o2)cc1. The Morgan fingerprint density at radius 2 is 1.75 bits per heavy atom. The lowest BCUT2D eigenvalue weighted by Crippen LogP contribution is -1.98. The molecule has 1 atom stereocenters. The lowest BCUT2D eigenvalue weighted by Gasteiger charge is -2.09. The summed E-state index contributed by atoms with van der Waals surface area (Å²) in [6, 6.07) is 16.1. The van der Waals surface area contributed by atoms with Gasteiger partial charge >= 0.3 is 0 Å². The second kappa shape index (κ2) is 6.87. The Hall–Kier alpha value is -2.62. The second-order valence-electron chi connectivity index (χ2n) is 6.63. The van der Waals surface area contributed by atoms with E-state index in [9.17, 15) is 0 Å². The van der Waals surface area contributed by atoms with Crippen LogP contribution in [0.1, 0.15) is 43.7 Å². The molecule has 1 heterocycles. The molecule has 124 valence electrons. The highest BCUT2D eigenvalue weighted by molar-refractivity contribution is 5.59. The highest BCUT2D eigenvalue weighted by atomic mass is 16.4. The predicted octanol–water partition coefficient (Wildman–Crippen LogP) is 4.67. The molecule has 4 nitrogen and oxygen atoms in total. The van der Waals surface area contributed by atoms with Crippen molar-refractivity contribution < 1.29 is 4.42 Å². The molecule has 0 aliphatic carbocycles. The number of hydrogen-bond acceptors (Lipinski definition) is 4. The van der Waals surface area contributed by atoms with Crippen LogP contribution in [0.5, 0.6) is 0 Å². The average molecular weight is 321 g/mol. The van der Waals surface area contributed by atoms with Crippen LogP contribution >= 0.6 is 0 Å². The van der Waals surface area contributed by atoms with Crippen molar-refractivity contribution in [2.24, 2.45) is 5.92 Å². The van der Waals surface area contributed by atoms with Crippen LogP contribution in [-0.2, 0) is 6.42 Å². The van der Waals surface area contributed by atoms with Gasteiger partial charge in [0.05, 0.1) is 5.92 Å². The minimum Gasteiger partial charge on any atom is -0.420 e. The first-order valence-electron chi connectivity index (χ1n) is 8.31. The molecule has 2 aromatic carbocycles. The molecule has 0 aliphatic heterocycles. The van der Waals surface area contributed by atoms with Crippen LogP contribution in [0, 0.1) is 5.92 Å². The summed E-state index contributed by atoms with van der Waals surface area (Å²) in [5, 5.41) is 8.37. The summed E-state index contributed by atoms with van der Waals surface area (Å²) in [7, 11) is 0. The quantitative estimate of drug-likeness (QED) is 0.694. The van der Waals surface area contributed by atoms with Crippen molar-refractivity contribution in [1.29, 1.82) is 0 Å². The summed E-state index contributed by atoms with van der Waals surface area (Å²) in [5.74, 6) is 1.83. The number of nitrogens with two attached hydrogens (primary N) is 1. The maximum absolute atomic E-state index is 5.86. The number of hydrogen-bond donors (Lipinski definition) is 1. The fourth-order valence-electron chi connectivity index (χ4n) is 2.75. The largest absolute Gasteiger partial charge is 0.420 e. The van der Waals surface area contributed by atoms with Gasteiger partial charge in [0, 0.05) is 11.3 Å². The van der Waals surface area contributed by atoms with Crippen molar-refractivity contribution in [1.82, 2.24) is 10.2 Å². The first kappa shape index (κ1) is 16.2. The molecule has 24 heavy (non-hydrogen) atoms. The van der Waals surface area contributed by atoms with Crippen molar-refractivity contribution in [3.63, 3.8) is 0 Å². The van der Waals surface area contributed by atoms with Gasteiger partial charge in [0.15, 0.2) is 0 Å². The van der Waals surface area contributed by atoms with E-state index in [2.05, 4.69) is 55.2 Å². The highest BCUT2D eigenvalue weighted by Crippen LogP contribution is 2.27. The summed E-state index contributed by atoms with van der Waals surface area (Å²) in [6.45, 7) is 6.54. The van der Waals surface area contributed by atoms with Crippen LogP contribution < -0.4 is 5.73 Å². The lowest BCUT2D eigenvalue weighted by molar-refractivity contribution is 0.490. The zero-order valence-corrected chi connectivity index (χ0v) is 14.4. The van der Waals surface area contributed by atoms with Crippen LogP contribution in [0.3, 0.4) is 0 Å². The Kier molecular flexibility index (Phi) is 4.65. The van der Waals surface area contributed by atoms with Crippen LogP contribution in [0.25, 0.3) is 11.5 Å². The third kappa shape index (κ3) is 3.65. The summed E-state index contributed by atoms with van der Waals surface area (Å²) in [4.78, 5) is 0. The standard InChI is InChI=1S/C20H23N3O/c1-13(2)11-15-7-9-16(10-8-15)14(3)19-22-23-20(24-19)17-5-4-6-18(21)12-17/h4-10,12-14H,11,21H2,1-3H3. The molecule has 3 rings (SSSR count). The van der Waals surface area contributed by atoms with Crippen LogP contribution in [-0.4, -0.2) is 10.2 Å². The Balaban J connectivity index is 1.79. The van der Waals surface area contributed by atoms with Crippen molar-refractivity contribution in [3.05, 3.63) is 65.5 Å². The van der Waals surface area contributed by atoms with E-state index in [1.165, 1.54) is 11.1 Å². The normalized spacial score (nSPS) is 12.5. The third-order valence-electron chi connectivity index (χ3n) is 4.07. The van der Waals surface area contributed by atoms with Gasteiger partial charge in [-0.25, -0.2) is 0 Å². The smallest absolute Gasteiger partial charge is 0.247 e. The topological polar surface area (TPSA) is 64.9 Å². The summed E-state index contributed by atoms with van der Waals surface area (Å²) >= 11 is 0. The van der Waals surface area contributed by atoms with Crippen molar-refractivity contribution in [2.75, 3.05) is 5.73 Å². The molecule has 0 bridgehead atoms. The van der Waals surface area contributed by atoms with E-state index in [0.29, 0.717) is 23.4 Å². The maximum atomic E-state index is 5.86. The summed E-state index contributed by atoms with van der Waals surface area (Å²) in [5.41, 5.74) is 9.86. The number of anilines is 1. The number of nitrogen functional groups attached to an aromatic ring is 1. The molecule has 3 aromatic rings. The van der Waals surface area contributed by atoms with Crippen molar-refractivity contribution in [2.45, 2.75) is 33.1 Å². The van der Waals surface area contributed by atoms with E-state index in [0.717, 1.165) is 12.0 Å². The monoisotopic (exact) mass is 321 g/mol. The van der Waals surface area contributed by atoms with Gasteiger partial charge in [-0.2, -0.15) is 0 Å². The summed E-state index contributed by atoms with van der Waals surface area (Å²) < 4.78 is 5.86. The fourth-order valence-corrected chi connectivity index (χ4v) is 2.75. The lowest BCUT2D eigenvalue weighted by atomic mass is 9.97. The highest BCUT2D eigenvalue weighted by Gasteiger charge is 2.17. The van der Waals surface area contributed by atoms with Crippen LogP contribution in [0.4, 0.5) is 5.69 Å². The number of nitrogens with zero attached hydrogens (tertiary/aromatic N) is 2. The van der Waals surface area contributed by atoms with Gasteiger partial charge in [-0.3, -0.25) is 0 Å². The van der Waals surface area contributed by atoms with E-state index >= 15 is 0 Å². The Morgan fingerprint density at radius 1 is 1.00 bits per heavy atom. The summed E-state index contributed by atoms with van der Waals surface area (Å²) in [6.07, 6.45) is 1.09. The first-order chi connectivity index (χ1) is 11.5. The molecular weight excluding hydrogens is 298 g/mol. The zero-order chi connectivity index (χ0) is 17.1. The predicted molar refractivity (Wildman–Crippen MR) is 96.6 cm³/mol. The van der Waals surface area contributed by atoms with Gasteiger partial charge in [-0.15, -0.1) is 10.2 Å². The minimum absolute atomic E-state index is 0.0559. The number of rotatable bonds is 5. The van der Waals surface area contributed by atoms with E-state index in [1.54, 1.807) is 0 Å². The van der Waals surface area contributed by atoms with Gasteiger partial charge < -0.3 is 10.2 Å². The van der Waals surface area contributed by atoms with Gasteiger partial charge in [-0.1, -0.05) is 44.2 Å². The molecule has 0 amide bonds. The van der Waals surface area contributed by atoms with E-state index in [1.807, 2.05) is 24.3 Å².